The maximum Gasteiger partial charge on any atom is 0.271 e. The van der Waals surface area contributed by atoms with Crippen LogP contribution in [0.4, 0.5) is 17.1 Å². The fraction of sp³-hybridized carbons (Fsp3) is 0.182. The molecule has 0 atom stereocenters. The fourth-order valence-electron chi connectivity index (χ4n) is 2.93. The number of hydrogen-bond acceptors (Lipinski definition) is 7. The summed E-state index contributed by atoms with van der Waals surface area (Å²) in [6.07, 6.45) is 0. The van der Waals surface area contributed by atoms with Crippen LogP contribution < -0.4 is 14.8 Å². The summed E-state index contributed by atoms with van der Waals surface area (Å²) in [7, 11) is 0. The molecule has 0 aliphatic carbocycles. The van der Waals surface area contributed by atoms with Crippen molar-refractivity contribution in [1.82, 2.24) is 0 Å². The highest BCUT2D eigenvalue weighted by atomic mass is 79.9. The Labute approximate surface area is 192 Å². The molecule has 32 heavy (non-hydrogen) atoms. The summed E-state index contributed by atoms with van der Waals surface area (Å²) in [4.78, 5) is 20.9. The summed E-state index contributed by atoms with van der Waals surface area (Å²) < 4.78 is 12.4. The van der Waals surface area contributed by atoms with Crippen molar-refractivity contribution in [1.29, 1.82) is 0 Å². The maximum absolute atomic E-state index is 10.9. The first kappa shape index (κ1) is 23.0. The monoisotopic (exact) mass is 501 g/mol. The highest BCUT2D eigenvalue weighted by Crippen LogP contribution is 2.38. The minimum absolute atomic E-state index is 0.0150. The van der Waals surface area contributed by atoms with E-state index in [2.05, 4.69) is 21.2 Å². The van der Waals surface area contributed by atoms with Gasteiger partial charge in [0.2, 0.25) is 0 Å². The molecule has 0 fully saturated rings. The SMILES string of the molecule is CCOc1cc(CNc2cccc([N+](=O)[O-])c2)cc(Br)c1OCc1ccc([N+](=O)[O-])cc1. The van der Waals surface area contributed by atoms with E-state index in [4.69, 9.17) is 9.47 Å². The third-order valence-electron chi connectivity index (χ3n) is 4.45. The molecule has 3 aromatic rings. The number of nitrogens with one attached hydrogen (secondary N) is 1. The van der Waals surface area contributed by atoms with E-state index in [1.54, 1.807) is 24.3 Å². The lowest BCUT2D eigenvalue weighted by molar-refractivity contribution is -0.385. The smallest absolute Gasteiger partial charge is 0.271 e. The summed E-state index contributed by atoms with van der Waals surface area (Å²) in [5, 5.41) is 24.9. The predicted molar refractivity (Wildman–Crippen MR) is 123 cm³/mol. The van der Waals surface area contributed by atoms with Crippen molar-refractivity contribution in [3.63, 3.8) is 0 Å². The van der Waals surface area contributed by atoms with Gasteiger partial charge >= 0.3 is 0 Å². The molecular formula is C22H20BrN3O6. The summed E-state index contributed by atoms with van der Waals surface area (Å²) in [6, 6.07) is 16.1. The lowest BCUT2D eigenvalue weighted by Gasteiger charge is -2.16. The summed E-state index contributed by atoms with van der Waals surface area (Å²) >= 11 is 3.52. The van der Waals surface area contributed by atoms with Gasteiger partial charge in [0.05, 0.1) is 20.9 Å². The number of benzene rings is 3. The predicted octanol–water partition coefficient (Wildman–Crippen LogP) is 5.86. The van der Waals surface area contributed by atoms with Crippen LogP contribution in [0.1, 0.15) is 18.1 Å². The van der Waals surface area contributed by atoms with Crippen molar-refractivity contribution in [3.05, 3.63) is 96.5 Å². The number of nitrogens with zero attached hydrogens (tertiary/aromatic N) is 2. The molecule has 0 heterocycles. The second kappa shape index (κ2) is 10.6. The second-order valence-electron chi connectivity index (χ2n) is 6.71. The summed E-state index contributed by atoms with van der Waals surface area (Å²) in [6.45, 7) is 2.93. The molecule has 0 amide bonds. The Morgan fingerprint density at radius 3 is 2.28 bits per heavy atom. The molecular weight excluding hydrogens is 482 g/mol. The van der Waals surface area contributed by atoms with Gasteiger partial charge in [0.1, 0.15) is 6.61 Å². The zero-order chi connectivity index (χ0) is 23.1. The average molecular weight is 502 g/mol. The maximum atomic E-state index is 10.9. The van der Waals surface area contributed by atoms with Gasteiger partial charge in [0.15, 0.2) is 11.5 Å². The highest BCUT2D eigenvalue weighted by Gasteiger charge is 2.14. The molecule has 0 saturated heterocycles. The van der Waals surface area contributed by atoms with Crippen LogP contribution in [-0.4, -0.2) is 16.5 Å². The molecule has 0 unspecified atom stereocenters. The van der Waals surface area contributed by atoms with Gasteiger partial charge in [-0.15, -0.1) is 0 Å². The summed E-state index contributed by atoms with van der Waals surface area (Å²) in [5.41, 5.74) is 2.33. The minimum Gasteiger partial charge on any atom is -0.490 e. The van der Waals surface area contributed by atoms with Crippen molar-refractivity contribution < 1.29 is 19.3 Å². The van der Waals surface area contributed by atoms with Crippen LogP contribution in [0, 0.1) is 20.2 Å². The Hall–Kier alpha value is -3.66. The van der Waals surface area contributed by atoms with Gasteiger partial charge in [-0.3, -0.25) is 20.2 Å². The zero-order valence-corrected chi connectivity index (χ0v) is 18.7. The Balaban J connectivity index is 1.73. The standard InChI is InChI=1S/C22H20BrN3O6/c1-2-31-21-11-16(13-24-17-4-3-5-19(12-17)26(29)30)10-20(23)22(21)32-14-15-6-8-18(9-7-15)25(27)28/h3-12,24H,2,13-14H2,1H3. The molecule has 0 saturated carbocycles. The molecule has 0 aliphatic heterocycles. The van der Waals surface area contributed by atoms with Gasteiger partial charge in [-0.25, -0.2) is 0 Å². The van der Waals surface area contributed by atoms with Crippen LogP contribution in [0.2, 0.25) is 0 Å². The third-order valence-corrected chi connectivity index (χ3v) is 5.04. The van der Waals surface area contributed by atoms with Crippen LogP contribution in [0.5, 0.6) is 11.5 Å². The number of non-ortho nitro benzene ring substituents is 2. The lowest BCUT2D eigenvalue weighted by atomic mass is 10.2. The van der Waals surface area contributed by atoms with Crippen LogP contribution in [0.25, 0.3) is 0 Å². The van der Waals surface area contributed by atoms with E-state index in [9.17, 15) is 20.2 Å². The fourth-order valence-corrected chi connectivity index (χ4v) is 3.53. The third kappa shape index (κ3) is 5.94. The van der Waals surface area contributed by atoms with Gasteiger partial charge in [-0.1, -0.05) is 6.07 Å². The molecule has 3 aromatic carbocycles. The molecule has 0 aromatic heterocycles. The van der Waals surface area contributed by atoms with E-state index in [-0.39, 0.29) is 18.0 Å². The van der Waals surface area contributed by atoms with E-state index in [1.807, 2.05) is 19.1 Å². The number of anilines is 1. The van der Waals surface area contributed by atoms with E-state index >= 15 is 0 Å². The number of halogens is 1. The average Bonchev–Trinajstić information content (AvgIpc) is 2.78. The van der Waals surface area contributed by atoms with Gasteiger partial charge in [0, 0.05) is 36.5 Å². The van der Waals surface area contributed by atoms with Crippen molar-refractivity contribution in [2.24, 2.45) is 0 Å². The van der Waals surface area contributed by atoms with Crippen molar-refractivity contribution >= 4 is 33.0 Å². The lowest BCUT2D eigenvalue weighted by Crippen LogP contribution is -2.04. The highest BCUT2D eigenvalue weighted by molar-refractivity contribution is 9.10. The second-order valence-corrected chi connectivity index (χ2v) is 7.57. The molecule has 1 N–H and O–H groups in total. The molecule has 10 heteroatoms. The topological polar surface area (TPSA) is 117 Å². The Morgan fingerprint density at radius 1 is 0.906 bits per heavy atom. The van der Waals surface area contributed by atoms with E-state index < -0.39 is 9.85 Å². The Bertz CT molecular complexity index is 1120. The molecule has 0 bridgehead atoms. The van der Waals surface area contributed by atoms with E-state index in [1.165, 1.54) is 24.3 Å². The van der Waals surface area contributed by atoms with Gasteiger partial charge in [0.25, 0.3) is 11.4 Å². The number of rotatable bonds is 10. The molecule has 3 rings (SSSR count). The van der Waals surface area contributed by atoms with Crippen LogP contribution >= 0.6 is 15.9 Å². The van der Waals surface area contributed by atoms with Crippen molar-refractivity contribution in [3.8, 4) is 11.5 Å². The largest absolute Gasteiger partial charge is 0.490 e. The van der Waals surface area contributed by atoms with Crippen molar-refractivity contribution in [2.45, 2.75) is 20.1 Å². The quantitative estimate of drug-likeness (QED) is 0.273. The molecule has 9 nitrogen and oxygen atoms in total. The number of ether oxygens (including phenoxy) is 2. The van der Waals surface area contributed by atoms with Crippen LogP contribution in [-0.2, 0) is 13.2 Å². The first-order chi connectivity index (χ1) is 15.4. The molecule has 0 radical (unpaired) electrons. The first-order valence-corrected chi connectivity index (χ1v) is 10.5. The molecule has 0 aliphatic rings. The molecule has 0 spiro atoms. The summed E-state index contributed by atoms with van der Waals surface area (Å²) in [5.74, 6) is 1.06. The Morgan fingerprint density at radius 2 is 1.62 bits per heavy atom. The van der Waals surface area contributed by atoms with E-state index in [0.29, 0.717) is 34.8 Å². The number of nitro groups is 2. The molecule has 166 valence electrons. The van der Waals surface area contributed by atoms with Gasteiger partial charge < -0.3 is 14.8 Å². The zero-order valence-electron chi connectivity index (χ0n) is 17.1. The van der Waals surface area contributed by atoms with Crippen LogP contribution in [0.3, 0.4) is 0 Å². The van der Waals surface area contributed by atoms with Crippen molar-refractivity contribution in [2.75, 3.05) is 11.9 Å². The van der Waals surface area contributed by atoms with Gasteiger partial charge in [-0.05, 0) is 64.3 Å². The van der Waals surface area contributed by atoms with E-state index in [0.717, 1.165) is 11.1 Å². The number of nitro benzene ring substituents is 2. The number of hydrogen-bond donors (Lipinski definition) is 1. The van der Waals surface area contributed by atoms with Crippen LogP contribution in [0.15, 0.2) is 65.1 Å². The normalized spacial score (nSPS) is 10.4. The first-order valence-electron chi connectivity index (χ1n) is 9.67. The van der Waals surface area contributed by atoms with Gasteiger partial charge in [-0.2, -0.15) is 0 Å². The minimum atomic E-state index is -0.450. The Kier molecular flexibility index (Phi) is 7.61.